The number of halogens is 1. The molecule has 0 radical (unpaired) electrons. The van der Waals surface area contributed by atoms with Crippen molar-refractivity contribution in [2.75, 3.05) is 11.9 Å². The zero-order valence-corrected chi connectivity index (χ0v) is 15.7. The van der Waals surface area contributed by atoms with E-state index in [-0.39, 0.29) is 16.4 Å². The number of hydrogen-bond donors (Lipinski definition) is 1. The number of anilines is 1. The minimum atomic E-state index is -1.56. The second-order valence-electron chi connectivity index (χ2n) is 7.18. The molecule has 1 fully saturated rings. The zero-order valence-electron chi connectivity index (χ0n) is 14.8. The zero-order chi connectivity index (χ0) is 20.7. The number of nitrogens with one attached hydrogen (secondary N) is 1. The van der Waals surface area contributed by atoms with Crippen molar-refractivity contribution in [3.8, 4) is 5.75 Å². The Morgan fingerprint density at radius 1 is 1.28 bits per heavy atom. The molecule has 146 valence electrons. The summed E-state index contributed by atoms with van der Waals surface area (Å²) >= 11 is 5.36. The van der Waals surface area contributed by atoms with Crippen LogP contribution in [0.1, 0.15) is 17.0 Å². The van der Waals surface area contributed by atoms with Crippen molar-refractivity contribution in [3.63, 3.8) is 0 Å². The number of esters is 1. The Morgan fingerprint density at radius 3 is 2.76 bits per heavy atom. The molecular weight excluding hydrogens is 401 g/mol. The number of carbonyl (C=O) groups excluding carboxylic acids is 2. The lowest BCUT2D eigenvalue weighted by atomic mass is 9.71. The summed E-state index contributed by atoms with van der Waals surface area (Å²) in [6.45, 7) is 0. The quantitative estimate of drug-likeness (QED) is 0.251. The van der Waals surface area contributed by atoms with E-state index in [9.17, 15) is 24.1 Å². The van der Waals surface area contributed by atoms with Gasteiger partial charge in [-0.2, -0.15) is 0 Å². The monoisotopic (exact) mass is 413 g/mol. The van der Waals surface area contributed by atoms with E-state index in [0.717, 1.165) is 0 Å². The first-order valence-electron chi connectivity index (χ1n) is 8.66. The molecule has 3 aliphatic rings. The highest BCUT2D eigenvalue weighted by Crippen LogP contribution is 2.57. The second-order valence-corrected chi connectivity index (χ2v) is 7.62. The number of ether oxygens (including phenoxy) is 1. The highest BCUT2D eigenvalue weighted by atomic mass is 32.1. The standard InChI is InChI=1S/C19H12FN3O5S/c1-22-12-4-2-8(20)6-11(12)19(18(22)25)15-10-7-9(23(26)27)3-5-13(10)28-17(24)14(15)16(29)21-19/h2-7,14-15H,1H3,(H,21,29)/t14-,15+,19-/m0/s1. The van der Waals surface area contributed by atoms with Crippen molar-refractivity contribution in [1.82, 2.24) is 5.32 Å². The number of nitro groups is 1. The van der Waals surface area contributed by atoms with Gasteiger partial charge in [0.1, 0.15) is 17.5 Å². The van der Waals surface area contributed by atoms with Crippen molar-refractivity contribution in [2.24, 2.45) is 5.92 Å². The van der Waals surface area contributed by atoms with Gasteiger partial charge in [0.25, 0.3) is 11.6 Å². The van der Waals surface area contributed by atoms with Gasteiger partial charge in [-0.05, 0) is 24.3 Å². The molecule has 1 N–H and O–H groups in total. The fourth-order valence-corrected chi connectivity index (χ4v) is 4.98. The summed E-state index contributed by atoms with van der Waals surface area (Å²) in [7, 11) is 1.54. The van der Waals surface area contributed by atoms with Gasteiger partial charge in [0.2, 0.25) is 0 Å². The summed E-state index contributed by atoms with van der Waals surface area (Å²) in [6.07, 6.45) is 0. The fourth-order valence-electron chi connectivity index (χ4n) is 4.59. The molecule has 1 spiro atoms. The first-order chi connectivity index (χ1) is 13.8. The highest BCUT2D eigenvalue weighted by molar-refractivity contribution is 7.80. The van der Waals surface area contributed by atoms with Crippen LogP contribution < -0.4 is 15.0 Å². The van der Waals surface area contributed by atoms with Crippen LogP contribution in [0.3, 0.4) is 0 Å². The van der Waals surface area contributed by atoms with E-state index in [0.29, 0.717) is 16.8 Å². The maximum Gasteiger partial charge on any atom is 0.322 e. The number of thiocarbonyl (C=S) groups is 1. The van der Waals surface area contributed by atoms with E-state index in [1.165, 1.54) is 41.3 Å². The molecule has 0 aromatic heterocycles. The number of rotatable bonds is 1. The molecule has 0 aliphatic carbocycles. The summed E-state index contributed by atoms with van der Waals surface area (Å²) in [5.74, 6) is -3.46. The minimum Gasteiger partial charge on any atom is -0.426 e. The van der Waals surface area contributed by atoms with Crippen LogP contribution in [0.5, 0.6) is 5.75 Å². The van der Waals surface area contributed by atoms with Crippen molar-refractivity contribution >= 4 is 40.5 Å². The van der Waals surface area contributed by atoms with Crippen LogP contribution in [0.25, 0.3) is 0 Å². The van der Waals surface area contributed by atoms with Crippen molar-refractivity contribution in [1.29, 1.82) is 0 Å². The number of nitro benzene ring substituents is 1. The van der Waals surface area contributed by atoms with Gasteiger partial charge in [0, 0.05) is 41.9 Å². The summed E-state index contributed by atoms with van der Waals surface area (Å²) < 4.78 is 19.5. The van der Waals surface area contributed by atoms with Crippen LogP contribution in [-0.4, -0.2) is 28.8 Å². The maximum atomic E-state index is 14.1. The van der Waals surface area contributed by atoms with Crippen LogP contribution in [0.4, 0.5) is 15.8 Å². The first-order valence-corrected chi connectivity index (χ1v) is 9.07. The van der Waals surface area contributed by atoms with Gasteiger partial charge in [-0.15, -0.1) is 0 Å². The lowest BCUT2D eigenvalue weighted by molar-refractivity contribution is -0.385. The molecule has 1 saturated heterocycles. The topological polar surface area (TPSA) is 102 Å². The Bertz CT molecular complexity index is 1170. The molecule has 5 rings (SSSR count). The average Bonchev–Trinajstić information content (AvgIpc) is 3.10. The Hall–Kier alpha value is -3.40. The average molecular weight is 413 g/mol. The Labute approximate surface area is 168 Å². The van der Waals surface area contributed by atoms with Gasteiger partial charge in [-0.1, -0.05) is 12.2 Å². The molecule has 0 bridgehead atoms. The van der Waals surface area contributed by atoms with Crippen molar-refractivity contribution in [3.05, 3.63) is 63.5 Å². The summed E-state index contributed by atoms with van der Waals surface area (Å²) in [6, 6.07) is 7.76. The van der Waals surface area contributed by atoms with E-state index in [1.807, 2.05) is 0 Å². The Balaban J connectivity index is 1.83. The molecule has 8 nitrogen and oxygen atoms in total. The highest BCUT2D eigenvalue weighted by Gasteiger charge is 2.66. The Kier molecular flexibility index (Phi) is 3.40. The first kappa shape index (κ1) is 17.7. The van der Waals surface area contributed by atoms with Gasteiger partial charge in [0.15, 0.2) is 5.54 Å². The summed E-state index contributed by atoms with van der Waals surface area (Å²) in [5.41, 5.74) is -0.677. The molecule has 0 unspecified atom stereocenters. The molecule has 2 aromatic carbocycles. The van der Waals surface area contributed by atoms with E-state index in [2.05, 4.69) is 5.32 Å². The maximum absolute atomic E-state index is 14.1. The van der Waals surface area contributed by atoms with E-state index in [4.69, 9.17) is 17.0 Å². The SMILES string of the molecule is CN1C(=O)[C@]2(NC(=S)[C@H]3C(=O)Oc4ccc([N+](=O)[O-])cc4[C@H]32)c2cc(F)ccc21. The summed E-state index contributed by atoms with van der Waals surface area (Å²) in [5, 5.41) is 14.3. The number of hydrogen-bond acceptors (Lipinski definition) is 6. The van der Waals surface area contributed by atoms with Crippen molar-refractivity contribution in [2.45, 2.75) is 11.5 Å². The molecule has 3 aliphatic heterocycles. The third-order valence-electron chi connectivity index (χ3n) is 5.79. The van der Waals surface area contributed by atoms with Crippen LogP contribution >= 0.6 is 12.2 Å². The molecular formula is C19H12FN3O5S. The lowest BCUT2D eigenvalue weighted by Crippen LogP contribution is -2.50. The smallest absolute Gasteiger partial charge is 0.322 e. The number of carbonyl (C=O) groups is 2. The number of non-ortho nitro benzene ring substituents is 1. The number of likely N-dealkylation sites (N-methyl/N-ethyl adjacent to an activating group) is 1. The molecule has 3 atom stereocenters. The molecule has 2 aromatic rings. The van der Waals surface area contributed by atoms with Crippen molar-refractivity contribution < 1.29 is 23.6 Å². The normalized spacial score (nSPS) is 26.7. The lowest BCUT2D eigenvalue weighted by Gasteiger charge is -2.34. The van der Waals surface area contributed by atoms with Gasteiger partial charge in [-0.25, -0.2) is 4.39 Å². The van der Waals surface area contributed by atoms with Crippen LogP contribution in [-0.2, 0) is 15.1 Å². The molecule has 29 heavy (non-hydrogen) atoms. The predicted octanol–water partition coefficient (Wildman–Crippen LogP) is 2.16. The van der Waals surface area contributed by atoms with Crippen LogP contribution in [0.15, 0.2) is 36.4 Å². The second kappa shape index (κ2) is 5.57. The van der Waals surface area contributed by atoms with E-state index >= 15 is 0 Å². The molecule has 1 amide bonds. The Morgan fingerprint density at radius 2 is 2.03 bits per heavy atom. The largest absolute Gasteiger partial charge is 0.426 e. The molecule has 0 saturated carbocycles. The third-order valence-corrected chi connectivity index (χ3v) is 6.15. The molecule has 3 heterocycles. The number of fused-ring (bicyclic) bond motifs is 6. The van der Waals surface area contributed by atoms with Gasteiger partial charge < -0.3 is 15.0 Å². The van der Waals surface area contributed by atoms with Crippen LogP contribution in [0, 0.1) is 21.8 Å². The number of amides is 1. The number of nitrogens with zero attached hydrogens (tertiary/aromatic N) is 2. The minimum absolute atomic E-state index is 0.0796. The van der Waals surface area contributed by atoms with E-state index < -0.39 is 40.0 Å². The fraction of sp³-hybridized carbons (Fsp3) is 0.211. The summed E-state index contributed by atoms with van der Waals surface area (Å²) in [4.78, 5) is 38.3. The number of benzene rings is 2. The predicted molar refractivity (Wildman–Crippen MR) is 102 cm³/mol. The van der Waals surface area contributed by atoms with E-state index in [1.54, 1.807) is 7.05 Å². The third kappa shape index (κ3) is 2.09. The van der Waals surface area contributed by atoms with Gasteiger partial charge in [0.05, 0.1) is 9.91 Å². The van der Waals surface area contributed by atoms with Crippen LogP contribution in [0.2, 0.25) is 0 Å². The van der Waals surface area contributed by atoms with Gasteiger partial charge >= 0.3 is 5.97 Å². The van der Waals surface area contributed by atoms with Gasteiger partial charge in [-0.3, -0.25) is 19.7 Å². The molecule has 10 heteroatoms.